The highest BCUT2D eigenvalue weighted by atomic mass is 35.5. The van der Waals surface area contributed by atoms with E-state index < -0.39 is 5.97 Å². The number of aromatic nitrogens is 1. The monoisotopic (exact) mass is 203 g/mol. The molecule has 1 rings (SSSR count). The van der Waals surface area contributed by atoms with E-state index in [1.807, 2.05) is 0 Å². The zero-order valence-corrected chi connectivity index (χ0v) is 7.87. The van der Waals surface area contributed by atoms with E-state index in [1.165, 1.54) is 10.6 Å². The zero-order chi connectivity index (χ0) is 9.14. The number of hydrogen-bond acceptors (Lipinski definition) is 2. The highest BCUT2D eigenvalue weighted by Crippen LogP contribution is 1.94. The van der Waals surface area contributed by atoms with Crippen molar-refractivity contribution in [2.45, 2.75) is 6.42 Å². The van der Waals surface area contributed by atoms with E-state index in [9.17, 15) is 9.59 Å². The summed E-state index contributed by atoms with van der Waals surface area (Å²) in [5, 5.41) is 8.42. The molecule has 1 aromatic rings. The van der Waals surface area contributed by atoms with Crippen LogP contribution < -0.4 is 5.56 Å². The molecular formula is C8H10ClNO3. The van der Waals surface area contributed by atoms with Gasteiger partial charge >= 0.3 is 5.97 Å². The Morgan fingerprint density at radius 2 is 2.23 bits per heavy atom. The fraction of sp³-hybridized carbons (Fsp3) is 0.250. The maximum absolute atomic E-state index is 11.0. The highest BCUT2D eigenvalue weighted by molar-refractivity contribution is 5.85. The summed E-state index contributed by atoms with van der Waals surface area (Å²) in [5.74, 6) is -0.928. The lowest BCUT2D eigenvalue weighted by atomic mass is 10.2. The predicted octanol–water partition coefficient (Wildman–Crippen LogP) is 0.434. The van der Waals surface area contributed by atoms with Crippen LogP contribution in [0.2, 0.25) is 0 Å². The third kappa shape index (κ3) is 3.29. The van der Waals surface area contributed by atoms with Crippen LogP contribution in [0.4, 0.5) is 0 Å². The number of aryl methyl sites for hydroxylation is 1. The molecule has 0 aliphatic carbocycles. The molecule has 0 aliphatic heterocycles. The molecule has 4 nitrogen and oxygen atoms in total. The number of aliphatic carboxylic acids is 1. The van der Waals surface area contributed by atoms with Crippen LogP contribution in [0.1, 0.15) is 5.56 Å². The number of carboxylic acid groups (broad SMARTS) is 1. The van der Waals surface area contributed by atoms with Gasteiger partial charge in [-0.05, 0) is 11.6 Å². The van der Waals surface area contributed by atoms with Crippen molar-refractivity contribution < 1.29 is 9.90 Å². The van der Waals surface area contributed by atoms with Gasteiger partial charge in [-0.1, -0.05) is 0 Å². The Hall–Kier alpha value is -1.29. The molecule has 0 amide bonds. The van der Waals surface area contributed by atoms with Gasteiger partial charge in [-0.25, -0.2) is 0 Å². The normalized spacial score (nSPS) is 9.00. The second-order valence-corrected chi connectivity index (χ2v) is 2.55. The number of hydrogen-bond donors (Lipinski definition) is 1. The van der Waals surface area contributed by atoms with Gasteiger partial charge in [0.2, 0.25) is 0 Å². The molecule has 0 bridgehead atoms. The van der Waals surface area contributed by atoms with Gasteiger partial charge in [0.25, 0.3) is 5.56 Å². The lowest BCUT2D eigenvalue weighted by Gasteiger charge is -1.98. The Morgan fingerprint density at radius 1 is 1.62 bits per heavy atom. The van der Waals surface area contributed by atoms with Crippen LogP contribution in [0.5, 0.6) is 0 Å². The van der Waals surface area contributed by atoms with Crippen molar-refractivity contribution in [1.29, 1.82) is 0 Å². The number of rotatable bonds is 2. The van der Waals surface area contributed by atoms with Crippen LogP contribution in [-0.4, -0.2) is 15.6 Å². The van der Waals surface area contributed by atoms with Crippen LogP contribution in [0.25, 0.3) is 0 Å². The molecule has 13 heavy (non-hydrogen) atoms. The van der Waals surface area contributed by atoms with E-state index in [2.05, 4.69) is 0 Å². The third-order valence-corrected chi connectivity index (χ3v) is 1.52. The summed E-state index contributed by atoms with van der Waals surface area (Å²) < 4.78 is 1.39. The van der Waals surface area contributed by atoms with E-state index in [0.717, 1.165) is 0 Å². The van der Waals surface area contributed by atoms with Crippen LogP contribution in [0, 0.1) is 0 Å². The van der Waals surface area contributed by atoms with E-state index in [0.29, 0.717) is 5.56 Å². The molecular weight excluding hydrogens is 194 g/mol. The summed E-state index contributed by atoms with van der Waals surface area (Å²) in [5.41, 5.74) is 0.347. The molecule has 0 fully saturated rings. The van der Waals surface area contributed by atoms with Crippen LogP contribution in [0.3, 0.4) is 0 Å². The van der Waals surface area contributed by atoms with Gasteiger partial charge in [-0.2, -0.15) is 0 Å². The smallest absolute Gasteiger partial charge is 0.307 e. The second kappa shape index (κ2) is 4.67. The average molecular weight is 204 g/mol. The molecule has 0 spiro atoms. The fourth-order valence-corrected chi connectivity index (χ4v) is 0.874. The minimum Gasteiger partial charge on any atom is -0.481 e. The van der Waals surface area contributed by atoms with Crippen molar-refractivity contribution in [2.24, 2.45) is 7.05 Å². The van der Waals surface area contributed by atoms with E-state index in [4.69, 9.17) is 5.11 Å². The van der Waals surface area contributed by atoms with Crippen molar-refractivity contribution >= 4 is 18.4 Å². The number of nitrogens with zero attached hydrogens (tertiary/aromatic N) is 1. The number of pyridine rings is 1. The third-order valence-electron chi connectivity index (χ3n) is 1.52. The van der Waals surface area contributed by atoms with Gasteiger partial charge in [-0.3, -0.25) is 9.59 Å². The van der Waals surface area contributed by atoms with Crippen molar-refractivity contribution in [2.75, 3.05) is 0 Å². The van der Waals surface area contributed by atoms with Gasteiger partial charge in [0.15, 0.2) is 0 Å². The molecule has 0 radical (unpaired) electrons. The fourth-order valence-electron chi connectivity index (χ4n) is 0.874. The van der Waals surface area contributed by atoms with Gasteiger partial charge in [0.05, 0.1) is 6.42 Å². The standard InChI is InChI=1S/C8H9NO3.ClH/c1-9-3-2-6(4-7(9)10)5-8(11)12;/h2-4H,5H2,1H3,(H,11,12);1H. The van der Waals surface area contributed by atoms with Gasteiger partial charge in [0, 0.05) is 19.3 Å². The summed E-state index contributed by atoms with van der Waals surface area (Å²) in [6.45, 7) is 0. The number of carbonyl (C=O) groups is 1. The largest absolute Gasteiger partial charge is 0.481 e. The van der Waals surface area contributed by atoms with Gasteiger partial charge in [-0.15, -0.1) is 12.4 Å². The Labute approximate surface area is 81.2 Å². The lowest BCUT2D eigenvalue weighted by molar-refractivity contribution is -0.136. The minimum absolute atomic E-state index is 0. The van der Waals surface area contributed by atoms with Crippen LogP contribution in [0.15, 0.2) is 23.1 Å². The first kappa shape index (κ1) is 11.7. The first-order valence-corrected chi connectivity index (χ1v) is 3.47. The minimum atomic E-state index is -0.928. The second-order valence-electron chi connectivity index (χ2n) is 2.55. The molecule has 1 N–H and O–H groups in total. The zero-order valence-electron chi connectivity index (χ0n) is 7.06. The van der Waals surface area contributed by atoms with Crippen molar-refractivity contribution in [3.05, 3.63) is 34.2 Å². The molecule has 0 saturated heterocycles. The van der Waals surface area contributed by atoms with Crippen LogP contribution >= 0.6 is 12.4 Å². The molecule has 72 valence electrons. The molecule has 0 saturated carbocycles. The highest BCUT2D eigenvalue weighted by Gasteiger charge is 2.00. The maximum Gasteiger partial charge on any atom is 0.307 e. The van der Waals surface area contributed by atoms with Crippen LogP contribution in [-0.2, 0) is 18.3 Å². The molecule has 1 aromatic heterocycles. The molecule has 0 unspecified atom stereocenters. The first-order chi connectivity index (χ1) is 5.59. The maximum atomic E-state index is 11.0. The summed E-state index contributed by atoms with van der Waals surface area (Å²) in [6.07, 6.45) is 1.46. The van der Waals surface area contributed by atoms with Crippen molar-refractivity contribution in [3.63, 3.8) is 0 Å². The Bertz CT molecular complexity index is 359. The quantitative estimate of drug-likeness (QED) is 0.759. The molecule has 1 heterocycles. The Morgan fingerprint density at radius 3 is 2.69 bits per heavy atom. The number of halogens is 1. The van der Waals surface area contributed by atoms with Gasteiger partial charge < -0.3 is 9.67 Å². The topological polar surface area (TPSA) is 59.3 Å². The first-order valence-electron chi connectivity index (χ1n) is 3.47. The Kier molecular flexibility index (Phi) is 4.20. The van der Waals surface area contributed by atoms with Crippen molar-refractivity contribution in [1.82, 2.24) is 4.57 Å². The molecule has 0 atom stereocenters. The predicted molar refractivity (Wildman–Crippen MR) is 50.3 cm³/mol. The van der Waals surface area contributed by atoms with Gasteiger partial charge in [0.1, 0.15) is 0 Å². The molecule has 5 heteroatoms. The van der Waals surface area contributed by atoms with E-state index in [1.54, 1.807) is 19.3 Å². The summed E-state index contributed by atoms with van der Waals surface area (Å²) in [6, 6.07) is 2.95. The SMILES string of the molecule is Cl.Cn1ccc(CC(=O)O)cc1=O. The summed E-state index contributed by atoms with van der Waals surface area (Å²) in [4.78, 5) is 21.2. The van der Waals surface area contributed by atoms with Crippen molar-refractivity contribution in [3.8, 4) is 0 Å². The Balaban J connectivity index is 0.00000144. The lowest BCUT2D eigenvalue weighted by Crippen LogP contribution is -2.16. The average Bonchev–Trinajstić information content (AvgIpc) is 1.96. The molecule has 0 aliphatic rings. The van der Waals surface area contributed by atoms with E-state index >= 15 is 0 Å². The van der Waals surface area contributed by atoms with E-state index in [-0.39, 0.29) is 24.4 Å². The molecule has 0 aromatic carbocycles. The summed E-state index contributed by atoms with van der Waals surface area (Å²) in [7, 11) is 1.62. The number of carboxylic acids is 1. The summed E-state index contributed by atoms with van der Waals surface area (Å²) >= 11 is 0.